The SMILES string of the molecule is C=CCn1cnn(CN2CCc3cc(OC)c(OC)cc3[C@H]2CC(=O)OC)c1=S. The van der Waals surface area contributed by atoms with Gasteiger partial charge in [-0.1, -0.05) is 6.08 Å². The average molecular weight is 419 g/mol. The predicted octanol–water partition coefficient (Wildman–Crippen LogP) is 2.74. The Kier molecular flexibility index (Phi) is 6.71. The molecule has 29 heavy (non-hydrogen) atoms. The van der Waals surface area contributed by atoms with Gasteiger partial charge in [-0.05, 0) is 41.9 Å². The third kappa shape index (κ3) is 4.35. The molecule has 1 aromatic carbocycles. The van der Waals surface area contributed by atoms with Gasteiger partial charge >= 0.3 is 5.97 Å². The molecule has 0 saturated heterocycles. The van der Waals surface area contributed by atoms with E-state index in [1.807, 2.05) is 16.7 Å². The average Bonchev–Trinajstić information content (AvgIpc) is 3.08. The van der Waals surface area contributed by atoms with Crippen LogP contribution in [-0.2, 0) is 29.2 Å². The van der Waals surface area contributed by atoms with Crippen LogP contribution in [0.1, 0.15) is 23.6 Å². The van der Waals surface area contributed by atoms with Crippen LogP contribution in [0, 0.1) is 4.77 Å². The predicted molar refractivity (Wildman–Crippen MR) is 111 cm³/mol. The number of esters is 1. The van der Waals surface area contributed by atoms with E-state index in [-0.39, 0.29) is 18.4 Å². The van der Waals surface area contributed by atoms with Crippen molar-refractivity contribution in [2.45, 2.75) is 32.1 Å². The van der Waals surface area contributed by atoms with Gasteiger partial charge in [0, 0.05) is 19.1 Å². The normalized spacial score (nSPS) is 16.2. The van der Waals surface area contributed by atoms with Crippen LogP contribution in [0.5, 0.6) is 11.5 Å². The quantitative estimate of drug-likeness (QED) is 0.371. The number of carbonyl (C=O) groups excluding carboxylic acids is 1. The summed E-state index contributed by atoms with van der Waals surface area (Å²) in [5.41, 5.74) is 2.16. The minimum absolute atomic E-state index is 0.183. The molecular formula is C20H26N4O4S. The Morgan fingerprint density at radius 3 is 2.69 bits per heavy atom. The van der Waals surface area contributed by atoms with Gasteiger partial charge in [-0.25, -0.2) is 4.68 Å². The highest BCUT2D eigenvalue weighted by molar-refractivity contribution is 7.71. The zero-order chi connectivity index (χ0) is 21.0. The molecule has 1 aliphatic heterocycles. The Balaban J connectivity index is 1.96. The van der Waals surface area contributed by atoms with Crippen LogP contribution in [0.25, 0.3) is 0 Å². The second kappa shape index (κ2) is 9.23. The van der Waals surface area contributed by atoms with Crippen LogP contribution in [-0.4, -0.2) is 53.1 Å². The van der Waals surface area contributed by atoms with E-state index in [0.717, 1.165) is 24.1 Å². The maximum absolute atomic E-state index is 12.2. The van der Waals surface area contributed by atoms with E-state index in [1.54, 1.807) is 31.3 Å². The first kappa shape index (κ1) is 21.1. The molecule has 0 saturated carbocycles. The molecule has 156 valence electrons. The third-order valence-electron chi connectivity index (χ3n) is 5.14. The lowest BCUT2D eigenvalue weighted by molar-refractivity contribution is -0.142. The number of carbonyl (C=O) groups is 1. The first-order valence-corrected chi connectivity index (χ1v) is 9.72. The molecule has 0 amide bonds. The second-order valence-corrected chi connectivity index (χ2v) is 7.13. The van der Waals surface area contributed by atoms with Crippen molar-refractivity contribution in [3.05, 3.63) is 47.0 Å². The van der Waals surface area contributed by atoms with E-state index < -0.39 is 0 Å². The summed E-state index contributed by atoms with van der Waals surface area (Å²) in [6.07, 6.45) is 4.51. The summed E-state index contributed by atoms with van der Waals surface area (Å²) in [6.45, 7) is 5.57. The number of hydrogen-bond acceptors (Lipinski definition) is 7. The minimum atomic E-state index is -0.275. The zero-order valence-electron chi connectivity index (χ0n) is 17.0. The Morgan fingerprint density at radius 2 is 2.03 bits per heavy atom. The summed E-state index contributed by atoms with van der Waals surface area (Å²) >= 11 is 5.52. The van der Waals surface area contributed by atoms with Crippen molar-refractivity contribution >= 4 is 18.2 Å². The van der Waals surface area contributed by atoms with Crippen LogP contribution in [0.4, 0.5) is 0 Å². The highest BCUT2D eigenvalue weighted by Gasteiger charge is 2.31. The van der Waals surface area contributed by atoms with E-state index in [0.29, 0.717) is 29.5 Å². The van der Waals surface area contributed by atoms with Gasteiger partial charge in [0.25, 0.3) is 0 Å². The van der Waals surface area contributed by atoms with E-state index in [1.165, 1.54) is 7.11 Å². The van der Waals surface area contributed by atoms with Gasteiger partial charge in [0.05, 0.1) is 34.4 Å². The first-order chi connectivity index (χ1) is 14.0. The van der Waals surface area contributed by atoms with E-state index in [9.17, 15) is 4.79 Å². The molecule has 2 aromatic rings. The van der Waals surface area contributed by atoms with Crippen molar-refractivity contribution in [3.63, 3.8) is 0 Å². The number of aromatic nitrogens is 3. The Labute approximate surface area is 175 Å². The summed E-state index contributed by atoms with van der Waals surface area (Å²) in [7, 11) is 4.62. The molecule has 2 heterocycles. The molecule has 0 radical (unpaired) electrons. The van der Waals surface area contributed by atoms with Gasteiger partial charge in [0.2, 0.25) is 0 Å². The lowest BCUT2D eigenvalue weighted by Gasteiger charge is -2.37. The number of allylic oxidation sites excluding steroid dienone is 1. The molecule has 1 aromatic heterocycles. The van der Waals surface area contributed by atoms with Gasteiger partial charge in [0.1, 0.15) is 6.33 Å². The van der Waals surface area contributed by atoms with Gasteiger partial charge in [-0.2, -0.15) is 5.10 Å². The number of nitrogens with zero attached hydrogens (tertiary/aromatic N) is 4. The number of hydrogen-bond donors (Lipinski definition) is 0. The van der Waals surface area contributed by atoms with Gasteiger partial charge in [-0.3, -0.25) is 9.69 Å². The monoisotopic (exact) mass is 418 g/mol. The Bertz CT molecular complexity index is 952. The van der Waals surface area contributed by atoms with Crippen molar-refractivity contribution < 1.29 is 19.0 Å². The lowest BCUT2D eigenvalue weighted by Crippen LogP contribution is -2.38. The van der Waals surface area contributed by atoms with E-state index in [4.69, 9.17) is 26.4 Å². The van der Waals surface area contributed by atoms with Crippen molar-refractivity contribution in [1.82, 2.24) is 19.2 Å². The fourth-order valence-electron chi connectivity index (χ4n) is 3.63. The van der Waals surface area contributed by atoms with Crippen molar-refractivity contribution in [2.24, 2.45) is 0 Å². The minimum Gasteiger partial charge on any atom is -0.493 e. The van der Waals surface area contributed by atoms with Crippen LogP contribution < -0.4 is 9.47 Å². The molecule has 0 fully saturated rings. The zero-order valence-corrected chi connectivity index (χ0v) is 17.8. The van der Waals surface area contributed by atoms with Gasteiger partial charge in [-0.15, -0.1) is 6.58 Å². The fourth-order valence-corrected chi connectivity index (χ4v) is 3.86. The number of methoxy groups -OCH3 is 3. The summed E-state index contributed by atoms with van der Waals surface area (Å²) in [5, 5.41) is 4.40. The third-order valence-corrected chi connectivity index (χ3v) is 5.58. The lowest BCUT2D eigenvalue weighted by atomic mass is 9.90. The number of ether oxygens (including phenoxy) is 3. The molecule has 9 heteroatoms. The van der Waals surface area contributed by atoms with Crippen LogP contribution >= 0.6 is 12.2 Å². The highest BCUT2D eigenvalue weighted by Crippen LogP contribution is 2.39. The summed E-state index contributed by atoms with van der Waals surface area (Å²) in [6, 6.07) is 3.75. The molecule has 3 rings (SSSR count). The van der Waals surface area contributed by atoms with Crippen LogP contribution in [0.3, 0.4) is 0 Å². The summed E-state index contributed by atoms with van der Waals surface area (Å²) < 4.78 is 20.1. The molecule has 0 spiro atoms. The second-order valence-electron chi connectivity index (χ2n) is 6.76. The molecule has 0 unspecified atom stereocenters. The number of rotatable bonds is 8. The van der Waals surface area contributed by atoms with Gasteiger partial charge < -0.3 is 18.8 Å². The topological polar surface area (TPSA) is 70.8 Å². The smallest absolute Gasteiger partial charge is 0.307 e. The number of benzene rings is 1. The molecule has 0 bridgehead atoms. The Hall–Kier alpha value is -2.65. The van der Waals surface area contributed by atoms with E-state index in [2.05, 4.69) is 16.6 Å². The van der Waals surface area contributed by atoms with Crippen LogP contribution in [0.2, 0.25) is 0 Å². The maximum Gasteiger partial charge on any atom is 0.307 e. The molecular weight excluding hydrogens is 392 g/mol. The van der Waals surface area contributed by atoms with Crippen molar-refractivity contribution in [3.8, 4) is 11.5 Å². The largest absolute Gasteiger partial charge is 0.493 e. The first-order valence-electron chi connectivity index (χ1n) is 9.31. The standard InChI is InChI=1S/C20H26N4O4S/c1-5-7-22-12-21-24(20(22)29)13-23-8-6-14-9-17(26-2)18(27-3)10-15(14)16(23)11-19(25)28-4/h5,9-10,12,16H,1,6-8,11,13H2,2-4H3/t16-/m1/s1. The highest BCUT2D eigenvalue weighted by atomic mass is 32.1. The van der Waals surface area contributed by atoms with Gasteiger partial charge in [0.15, 0.2) is 16.3 Å². The summed E-state index contributed by atoms with van der Waals surface area (Å²) in [5.74, 6) is 1.04. The maximum atomic E-state index is 12.2. The molecule has 1 aliphatic rings. The fraction of sp³-hybridized carbons (Fsp3) is 0.450. The summed E-state index contributed by atoms with van der Waals surface area (Å²) in [4.78, 5) is 14.3. The molecule has 1 atom stereocenters. The Morgan fingerprint density at radius 1 is 1.31 bits per heavy atom. The van der Waals surface area contributed by atoms with Crippen molar-refractivity contribution in [1.29, 1.82) is 0 Å². The molecule has 0 aliphatic carbocycles. The number of fused-ring (bicyclic) bond motifs is 1. The molecule has 8 nitrogen and oxygen atoms in total. The van der Waals surface area contributed by atoms with Crippen molar-refractivity contribution in [2.75, 3.05) is 27.9 Å². The molecule has 0 N–H and O–H groups in total. The van der Waals surface area contributed by atoms with Crippen LogP contribution in [0.15, 0.2) is 31.1 Å². The van der Waals surface area contributed by atoms with E-state index >= 15 is 0 Å².